The number of H-pyrrole nitrogens is 1. The van der Waals surface area contributed by atoms with E-state index in [1.165, 1.54) is 31.4 Å². The van der Waals surface area contributed by atoms with Gasteiger partial charge in [-0.15, -0.1) is 5.10 Å². The number of hydrogen-bond donors (Lipinski definition) is 1. The number of aromatic nitrogens is 5. The number of nitrogens with one attached hydrogen (secondary N) is 1. The Balaban J connectivity index is 1.50. The Bertz CT molecular complexity index is 1370. The topological polar surface area (TPSA) is 79.7 Å². The van der Waals surface area contributed by atoms with E-state index in [0.717, 1.165) is 52.7 Å². The fourth-order valence-electron chi connectivity index (χ4n) is 5.54. The molecule has 0 bridgehead atoms. The van der Waals surface area contributed by atoms with Crippen molar-refractivity contribution in [1.29, 1.82) is 0 Å². The van der Waals surface area contributed by atoms with Crippen molar-refractivity contribution in [3.05, 3.63) is 87.2 Å². The second-order valence-electron chi connectivity index (χ2n) is 9.87. The second-order valence-corrected chi connectivity index (χ2v) is 9.87. The van der Waals surface area contributed by atoms with Crippen molar-refractivity contribution in [3.63, 3.8) is 0 Å². The summed E-state index contributed by atoms with van der Waals surface area (Å²) in [6, 6.07) is 14.9. The summed E-state index contributed by atoms with van der Waals surface area (Å²) < 4.78 is 15.2. The van der Waals surface area contributed by atoms with Gasteiger partial charge in [0.1, 0.15) is 5.82 Å². The first-order chi connectivity index (χ1) is 17.5. The van der Waals surface area contributed by atoms with Crippen LogP contribution in [-0.4, -0.2) is 36.1 Å². The Kier molecular flexibility index (Phi) is 7.23. The van der Waals surface area contributed by atoms with Gasteiger partial charge in [0, 0.05) is 18.2 Å². The molecule has 1 aliphatic rings. The number of hydrogen-bond acceptors (Lipinski definition) is 5. The third-order valence-corrected chi connectivity index (χ3v) is 7.45. The summed E-state index contributed by atoms with van der Waals surface area (Å²) in [5.41, 5.74) is 3.61. The van der Waals surface area contributed by atoms with Gasteiger partial charge in [0.05, 0.1) is 18.1 Å². The first kappa shape index (κ1) is 24.3. The lowest BCUT2D eigenvalue weighted by Gasteiger charge is -2.39. The van der Waals surface area contributed by atoms with Gasteiger partial charge in [0.2, 0.25) is 0 Å². The van der Waals surface area contributed by atoms with Crippen molar-refractivity contribution in [3.8, 4) is 0 Å². The molecule has 0 unspecified atom stereocenters. The zero-order valence-electron chi connectivity index (χ0n) is 21.0. The Hall–Kier alpha value is -3.39. The molecule has 36 heavy (non-hydrogen) atoms. The number of aromatic amines is 1. The molecule has 0 aliphatic heterocycles. The average molecular weight is 489 g/mol. The standard InChI is InChI=1S/C28H33FN6O/c1-3-25(27-31-32-33-35(27)17-20-12-14-23(29)15-13-20)34(24-10-5-4-6-11-24)18-22-16-21-9-7-8-19(2)26(21)30-28(22)36/h7-9,12-16,24-25H,3-6,10-11,17-18H2,1-2H3,(H,30,36)/t25-/m0/s1. The molecular weight excluding hydrogens is 455 g/mol. The van der Waals surface area contributed by atoms with Gasteiger partial charge in [-0.25, -0.2) is 9.07 Å². The summed E-state index contributed by atoms with van der Waals surface area (Å²) >= 11 is 0. The predicted molar refractivity (Wildman–Crippen MR) is 138 cm³/mol. The molecule has 0 saturated heterocycles. The van der Waals surface area contributed by atoms with Gasteiger partial charge in [0.25, 0.3) is 5.56 Å². The minimum Gasteiger partial charge on any atom is -0.321 e. The summed E-state index contributed by atoms with van der Waals surface area (Å²) in [6.07, 6.45) is 6.63. The lowest BCUT2D eigenvalue weighted by molar-refractivity contribution is 0.0844. The molecule has 1 atom stereocenters. The van der Waals surface area contributed by atoms with Crippen LogP contribution in [0.4, 0.5) is 4.39 Å². The Morgan fingerprint density at radius 3 is 2.67 bits per heavy atom. The van der Waals surface area contributed by atoms with E-state index < -0.39 is 0 Å². The van der Waals surface area contributed by atoms with Crippen molar-refractivity contribution >= 4 is 10.9 Å². The van der Waals surface area contributed by atoms with Crippen molar-refractivity contribution in [2.24, 2.45) is 0 Å². The average Bonchev–Trinajstić information content (AvgIpc) is 3.34. The third-order valence-electron chi connectivity index (χ3n) is 7.45. The Morgan fingerprint density at radius 2 is 1.92 bits per heavy atom. The molecule has 2 heterocycles. The maximum atomic E-state index is 13.4. The zero-order chi connectivity index (χ0) is 25.1. The SMILES string of the molecule is CC[C@@H](c1nnnn1Cc1ccc(F)cc1)N(Cc1cc2cccc(C)c2[nH]c1=O)C1CCCCC1. The molecule has 4 aromatic rings. The van der Waals surface area contributed by atoms with Crippen LogP contribution in [0.5, 0.6) is 0 Å². The van der Waals surface area contributed by atoms with Crippen LogP contribution in [0.1, 0.15) is 74.0 Å². The van der Waals surface area contributed by atoms with Gasteiger partial charge in [-0.05, 0) is 71.3 Å². The van der Waals surface area contributed by atoms with Crippen LogP contribution in [0.3, 0.4) is 0 Å². The number of aryl methyl sites for hydroxylation is 1. The van der Waals surface area contributed by atoms with Crippen molar-refractivity contribution in [1.82, 2.24) is 30.1 Å². The van der Waals surface area contributed by atoms with E-state index in [4.69, 9.17) is 0 Å². The minimum absolute atomic E-state index is 0.0432. The van der Waals surface area contributed by atoms with Crippen LogP contribution in [0.15, 0.2) is 53.3 Å². The van der Waals surface area contributed by atoms with E-state index in [1.54, 1.807) is 12.1 Å². The molecule has 1 aliphatic carbocycles. The summed E-state index contributed by atoms with van der Waals surface area (Å²) in [6.45, 7) is 5.16. The van der Waals surface area contributed by atoms with Crippen LogP contribution in [0.2, 0.25) is 0 Å². The Labute approximate surface area is 210 Å². The normalized spacial score (nSPS) is 15.6. The molecule has 188 valence electrons. The number of rotatable bonds is 8. The third kappa shape index (κ3) is 5.09. The number of pyridine rings is 1. The molecule has 5 rings (SSSR count). The fraction of sp³-hybridized carbons (Fsp3) is 0.429. The van der Waals surface area contributed by atoms with Crippen LogP contribution in [0.25, 0.3) is 10.9 Å². The van der Waals surface area contributed by atoms with Gasteiger partial charge < -0.3 is 4.98 Å². The summed E-state index contributed by atoms with van der Waals surface area (Å²) in [4.78, 5) is 18.7. The van der Waals surface area contributed by atoms with E-state index in [9.17, 15) is 9.18 Å². The quantitative estimate of drug-likeness (QED) is 0.364. The van der Waals surface area contributed by atoms with Gasteiger partial charge in [0.15, 0.2) is 5.82 Å². The molecule has 0 radical (unpaired) electrons. The number of tetrazole rings is 1. The molecule has 0 spiro atoms. The van der Waals surface area contributed by atoms with Gasteiger partial charge >= 0.3 is 0 Å². The van der Waals surface area contributed by atoms with Crippen LogP contribution >= 0.6 is 0 Å². The summed E-state index contributed by atoms with van der Waals surface area (Å²) in [5.74, 6) is 0.516. The summed E-state index contributed by atoms with van der Waals surface area (Å²) in [7, 11) is 0. The Morgan fingerprint density at radius 1 is 1.14 bits per heavy atom. The highest BCUT2D eigenvalue weighted by atomic mass is 19.1. The highest BCUT2D eigenvalue weighted by Crippen LogP contribution is 2.33. The van der Waals surface area contributed by atoms with Crippen molar-refractivity contribution in [2.45, 2.75) is 77.5 Å². The van der Waals surface area contributed by atoms with Gasteiger partial charge in [-0.2, -0.15) is 0 Å². The molecule has 1 saturated carbocycles. The van der Waals surface area contributed by atoms with E-state index in [2.05, 4.69) is 32.3 Å². The molecule has 1 fully saturated rings. The molecule has 0 amide bonds. The number of para-hydroxylation sites is 1. The second kappa shape index (κ2) is 10.7. The number of nitrogens with zero attached hydrogens (tertiary/aromatic N) is 5. The van der Waals surface area contributed by atoms with Gasteiger partial charge in [-0.3, -0.25) is 9.69 Å². The maximum Gasteiger partial charge on any atom is 0.252 e. The smallest absolute Gasteiger partial charge is 0.252 e. The lowest BCUT2D eigenvalue weighted by Crippen LogP contribution is -2.41. The highest BCUT2D eigenvalue weighted by Gasteiger charge is 2.32. The lowest BCUT2D eigenvalue weighted by atomic mass is 9.92. The molecule has 2 aromatic carbocycles. The maximum absolute atomic E-state index is 13.4. The largest absolute Gasteiger partial charge is 0.321 e. The van der Waals surface area contributed by atoms with E-state index in [0.29, 0.717) is 19.1 Å². The monoisotopic (exact) mass is 488 g/mol. The van der Waals surface area contributed by atoms with Crippen molar-refractivity contribution in [2.75, 3.05) is 0 Å². The van der Waals surface area contributed by atoms with E-state index in [1.807, 2.05) is 35.9 Å². The molecule has 1 N–H and O–H groups in total. The van der Waals surface area contributed by atoms with Crippen LogP contribution < -0.4 is 5.56 Å². The summed E-state index contributed by atoms with van der Waals surface area (Å²) in [5, 5.41) is 13.8. The first-order valence-electron chi connectivity index (χ1n) is 12.9. The van der Waals surface area contributed by atoms with E-state index >= 15 is 0 Å². The number of halogens is 1. The van der Waals surface area contributed by atoms with Crippen LogP contribution in [-0.2, 0) is 13.1 Å². The minimum atomic E-state index is -0.263. The van der Waals surface area contributed by atoms with E-state index in [-0.39, 0.29) is 17.4 Å². The fourth-order valence-corrected chi connectivity index (χ4v) is 5.54. The molecule has 7 nitrogen and oxygen atoms in total. The number of fused-ring (bicyclic) bond motifs is 1. The van der Waals surface area contributed by atoms with Crippen LogP contribution in [0, 0.1) is 12.7 Å². The first-order valence-corrected chi connectivity index (χ1v) is 12.9. The van der Waals surface area contributed by atoms with Crippen molar-refractivity contribution < 1.29 is 4.39 Å². The molecule has 8 heteroatoms. The highest BCUT2D eigenvalue weighted by molar-refractivity contribution is 5.81. The number of benzene rings is 2. The molecular formula is C28H33FN6O. The predicted octanol–water partition coefficient (Wildman–Crippen LogP) is 5.30. The van der Waals surface area contributed by atoms with Gasteiger partial charge in [-0.1, -0.05) is 56.5 Å². The molecule has 2 aromatic heterocycles. The zero-order valence-corrected chi connectivity index (χ0v) is 21.0.